The molecule has 1 heterocycles. The maximum absolute atomic E-state index is 14.3. The van der Waals surface area contributed by atoms with Gasteiger partial charge in [-0.25, -0.2) is 4.39 Å². The second-order valence-electron chi connectivity index (χ2n) is 6.55. The van der Waals surface area contributed by atoms with Gasteiger partial charge in [0.05, 0.1) is 17.7 Å². The first-order valence-corrected chi connectivity index (χ1v) is 8.25. The van der Waals surface area contributed by atoms with Gasteiger partial charge in [0.15, 0.2) is 0 Å². The maximum Gasteiger partial charge on any atom is 0.227 e. The van der Waals surface area contributed by atoms with Gasteiger partial charge < -0.3 is 21.1 Å². The molecular weight excluding hydrogens is 329 g/mol. The number of benzene rings is 1. The van der Waals surface area contributed by atoms with Gasteiger partial charge in [0.1, 0.15) is 5.82 Å². The minimum atomic E-state index is -0.957. The van der Waals surface area contributed by atoms with Crippen LogP contribution in [-0.4, -0.2) is 35.5 Å². The summed E-state index contributed by atoms with van der Waals surface area (Å²) in [5.41, 5.74) is 5.65. The zero-order valence-corrected chi connectivity index (χ0v) is 13.6. The first-order chi connectivity index (χ1) is 11.9. The van der Waals surface area contributed by atoms with Crippen LogP contribution in [-0.2, 0) is 14.4 Å². The Morgan fingerprint density at radius 2 is 2.08 bits per heavy atom. The standard InChI is InChI=1S/C17H20FN3O4/c18-12-8-10(21-5-1-2-15(21)23)3-4-13(12)20-17(25)9-6-11(16(19)24)14(22)7-9/h3-4,8-9,11,14,22H,1-2,5-7H2,(H2,19,24)(H,20,25)/t9-,11+,14+/m1/s1. The molecule has 7 nitrogen and oxygen atoms in total. The zero-order valence-electron chi connectivity index (χ0n) is 13.6. The maximum atomic E-state index is 14.3. The molecule has 0 aromatic heterocycles. The molecule has 1 aliphatic carbocycles. The highest BCUT2D eigenvalue weighted by atomic mass is 19.1. The number of nitrogens with two attached hydrogens (primary N) is 1. The van der Waals surface area contributed by atoms with Crippen molar-refractivity contribution in [3.63, 3.8) is 0 Å². The number of nitrogens with one attached hydrogen (secondary N) is 1. The number of aliphatic hydroxyl groups is 1. The molecule has 2 aliphatic rings. The number of carbonyl (C=O) groups excluding carboxylic acids is 3. The van der Waals surface area contributed by atoms with Crippen LogP contribution in [0.4, 0.5) is 15.8 Å². The zero-order chi connectivity index (χ0) is 18.1. The van der Waals surface area contributed by atoms with Crippen LogP contribution in [0.2, 0.25) is 0 Å². The van der Waals surface area contributed by atoms with Crippen molar-refractivity contribution in [2.45, 2.75) is 31.8 Å². The summed E-state index contributed by atoms with van der Waals surface area (Å²) in [7, 11) is 0. The predicted octanol–water partition coefficient (Wildman–Crippen LogP) is 0.763. The Kier molecular flexibility index (Phi) is 4.71. The number of carbonyl (C=O) groups is 3. The van der Waals surface area contributed by atoms with Crippen molar-refractivity contribution in [3.8, 4) is 0 Å². The van der Waals surface area contributed by atoms with E-state index in [9.17, 15) is 23.9 Å². The topological polar surface area (TPSA) is 113 Å². The van der Waals surface area contributed by atoms with Gasteiger partial charge in [-0.05, 0) is 37.5 Å². The number of anilines is 2. The molecule has 1 aliphatic heterocycles. The van der Waals surface area contributed by atoms with Gasteiger partial charge in [-0.15, -0.1) is 0 Å². The number of aliphatic hydroxyl groups excluding tert-OH is 1. The number of primary amides is 1. The lowest BCUT2D eigenvalue weighted by Crippen LogP contribution is -2.29. The molecule has 3 rings (SSSR count). The number of hydrogen-bond acceptors (Lipinski definition) is 4. The van der Waals surface area contributed by atoms with Crippen molar-refractivity contribution in [1.82, 2.24) is 0 Å². The first kappa shape index (κ1) is 17.3. The number of nitrogens with zero attached hydrogens (tertiary/aromatic N) is 1. The Balaban J connectivity index is 1.68. The van der Waals surface area contributed by atoms with Gasteiger partial charge in [-0.3, -0.25) is 14.4 Å². The van der Waals surface area contributed by atoms with E-state index in [4.69, 9.17) is 5.73 Å². The second-order valence-corrected chi connectivity index (χ2v) is 6.55. The minimum Gasteiger partial charge on any atom is -0.392 e. The fraction of sp³-hybridized carbons (Fsp3) is 0.471. The Labute approximate surface area is 144 Å². The van der Waals surface area contributed by atoms with E-state index in [2.05, 4.69) is 5.32 Å². The van der Waals surface area contributed by atoms with Gasteiger partial charge in [-0.2, -0.15) is 0 Å². The quantitative estimate of drug-likeness (QED) is 0.745. The van der Waals surface area contributed by atoms with E-state index in [-0.39, 0.29) is 24.4 Å². The van der Waals surface area contributed by atoms with Crippen LogP contribution < -0.4 is 16.0 Å². The lowest BCUT2D eigenvalue weighted by atomic mass is 10.0. The van der Waals surface area contributed by atoms with Gasteiger partial charge in [0.25, 0.3) is 0 Å². The lowest BCUT2D eigenvalue weighted by Gasteiger charge is -2.17. The number of rotatable bonds is 4. The molecule has 1 saturated carbocycles. The molecular formula is C17H20FN3O4. The molecule has 0 spiro atoms. The van der Waals surface area contributed by atoms with E-state index in [0.717, 1.165) is 6.42 Å². The summed E-state index contributed by atoms with van der Waals surface area (Å²) in [6, 6.07) is 4.21. The molecule has 0 unspecified atom stereocenters. The van der Waals surface area contributed by atoms with Gasteiger partial charge in [0.2, 0.25) is 17.7 Å². The van der Waals surface area contributed by atoms with Crippen LogP contribution in [0.1, 0.15) is 25.7 Å². The summed E-state index contributed by atoms with van der Waals surface area (Å²) in [4.78, 5) is 36.7. The van der Waals surface area contributed by atoms with Crippen molar-refractivity contribution < 1.29 is 23.9 Å². The molecule has 8 heteroatoms. The number of halogens is 1. The van der Waals surface area contributed by atoms with Crippen molar-refractivity contribution in [1.29, 1.82) is 0 Å². The summed E-state index contributed by atoms with van der Waals surface area (Å²) < 4.78 is 14.3. The SMILES string of the molecule is NC(=O)[C@H]1C[C@@H](C(=O)Nc2ccc(N3CCCC3=O)cc2F)C[C@@H]1O. The fourth-order valence-electron chi connectivity index (χ4n) is 3.46. The average molecular weight is 349 g/mol. The van der Waals surface area contributed by atoms with Crippen LogP contribution in [0.15, 0.2) is 18.2 Å². The van der Waals surface area contributed by atoms with Gasteiger partial charge >= 0.3 is 0 Å². The van der Waals surface area contributed by atoms with E-state index in [1.54, 1.807) is 6.07 Å². The third-order valence-corrected chi connectivity index (χ3v) is 4.86. The monoisotopic (exact) mass is 349 g/mol. The Bertz CT molecular complexity index is 724. The van der Waals surface area contributed by atoms with E-state index in [0.29, 0.717) is 18.7 Å². The normalized spacial score (nSPS) is 26.1. The van der Waals surface area contributed by atoms with Crippen molar-refractivity contribution in [2.24, 2.45) is 17.6 Å². The molecule has 4 N–H and O–H groups in total. The molecule has 0 radical (unpaired) electrons. The van der Waals surface area contributed by atoms with Crippen LogP contribution in [0.25, 0.3) is 0 Å². The molecule has 3 atom stereocenters. The predicted molar refractivity (Wildman–Crippen MR) is 88.0 cm³/mol. The third-order valence-electron chi connectivity index (χ3n) is 4.86. The molecule has 3 amide bonds. The summed E-state index contributed by atoms with van der Waals surface area (Å²) in [6.07, 6.45) is 0.488. The molecule has 1 saturated heterocycles. The molecule has 1 aromatic rings. The third kappa shape index (κ3) is 3.48. The van der Waals surface area contributed by atoms with Crippen LogP contribution in [0.3, 0.4) is 0 Å². The summed E-state index contributed by atoms with van der Waals surface area (Å²) in [5, 5.41) is 12.3. The van der Waals surface area contributed by atoms with Gasteiger partial charge in [-0.1, -0.05) is 0 Å². The largest absolute Gasteiger partial charge is 0.392 e. The molecule has 0 bridgehead atoms. The average Bonchev–Trinajstić information content (AvgIpc) is 3.15. The second kappa shape index (κ2) is 6.79. The van der Waals surface area contributed by atoms with Crippen LogP contribution in [0, 0.1) is 17.7 Å². The van der Waals surface area contributed by atoms with E-state index < -0.39 is 35.6 Å². The molecule has 2 fully saturated rings. The van der Waals surface area contributed by atoms with E-state index in [1.807, 2.05) is 0 Å². The number of hydrogen-bond donors (Lipinski definition) is 3. The smallest absolute Gasteiger partial charge is 0.227 e. The van der Waals surface area contributed by atoms with Gasteiger partial charge in [0, 0.05) is 24.6 Å². The first-order valence-electron chi connectivity index (χ1n) is 8.25. The highest BCUT2D eigenvalue weighted by molar-refractivity contribution is 5.96. The Morgan fingerprint density at radius 3 is 2.64 bits per heavy atom. The van der Waals surface area contributed by atoms with Crippen molar-refractivity contribution >= 4 is 29.1 Å². The lowest BCUT2D eigenvalue weighted by molar-refractivity contribution is -0.124. The minimum absolute atomic E-state index is 0.00240. The molecule has 25 heavy (non-hydrogen) atoms. The highest BCUT2D eigenvalue weighted by Gasteiger charge is 2.40. The summed E-state index contributed by atoms with van der Waals surface area (Å²) in [5.74, 6) is -3.17. The summed E-state index contributed by atoms with van der Waals surface area (Å²) in [6.45, 7) is 0.554. The Morgan fingerprint density at radius 1 is 1.32 bits per heavy atom. The van der Waals surface area contributed by atoms with Crippen molar-refractivity contribution in [3.05, 3.63) is 24.0 Å². The number of amides is 3. The Hall–Kier alpha value is -2.48. The highest BCUT2D eigenvalue weighted by Crippen LogP contribution is 2.33. The fourth-order valence-corrected chi connectivity index (χ4v) is 3.46. The molecule has 1 aromatic carbocycles. The summed E-state index contributed by atoms with van der Waals surface area (Å²) >= 11 is 0. The van der Waals surface area contributed by atoms with E-state index in [1.165, 1.54) is 17.0 Å². The van der Waals surface area contributed by atoms with E-state index >= 15 is 0 Å². The molecule has 134 valence electrons. The van der Waals surface area contributed by atoms with Crippen LogP contribution in [0.5, 0.6) is 0 Å². The van der Waals surface area contributed by atoms with Crippen LogP contribution >= 0.6 is 0 Å². The van der Waals surface area contributed by atoms with Crippen molar-refractivity contribution in [2.75, 3.05) is 16.8 Å².